The maximum Gasteiger partial charge on any atom is 0.573 e. The highest BCUT2D eigenvalue weighted by Crippen LogP contribution is 2.52. The quantitative estimate of drug-likeness (QED) is 0.829. The molecule has 0 bridgehead atoms. The minimum absolute atomic E-state index is 0.0879. The average molecular weight is 272 g/mol. The summed E-state index contributed by atoms with van der Waals surface area (Å²) in [6.45, 7) is 3.86. The Morgan fingerprint density at radius 3 is 2.32 bits per heavy atom. The fourth-order valence-corrected chi connectivity index (χ4v) is 2.54. The normalized spacial score (nSPS) is 27.0. The third-order valence-corrected chi connectivity index (χ3v) is 4.05. The molecule has 1 aromatic carbocycles. The Kier molecular flexibility index (Phi) is 3.32. The van der Waals surface area contributed by atoms with Gasteiger partial charge in [-0.1, -0.05) is 26.0 Å². The highest BCUT2D eigenvalue weighted by atomic mass is 19.4. The number of carbonyl (C=O) groups excluding carboxylic acids is 1. The van der Waals surface area contributed by atoms with Crippen molar-refractivity contribution in [3.63, 3.8) is 0 Å². The van der Waals surface area contributed by atoms with E-state index in [1.807, 2.05) is 13.8 Å². The summed E-state index contributed by atoms with van der Waals surface area (Å²) in [5.74, 6) is 0.0701. The molecule has 2 unspecified atom stereocenters. The van der Waals surface area contributed by atoms with Crippen molar-refractivity contribution in [2.24, 2.45) is 5.41 Å². The van der Waals surface area contributed by atoms with Gasteiger partial charge in [-0.3, -0.25) is 4.79 Å². The summed E-state index contributed by atoms with van der Waals surface area (Å²) in [7, 11) is 0. The van der Waals surface area contributed by atoms with E-state index in [1.165, 1.54) is 12.1 Å². The number of ether oxygens (including phenoxy) is 1. The zero-order chi connectivity index (χ0) is 14.3. The lowest BCUT2D eigenvalue weighted by Crippen LogP contribution is -2.45. The van der Waals surface area contributed by atoms with Crippen LogP contribution in [-0.2, 0) is 4.79 Å². The number of ketones is 1. The molecule has 1 fully saturated rings. The molecule has 2 rings (SSSR count). The van der Waals surface area contributed by atoms with Crippen LogP contribution >= 0.6 is 0 Å². The predicted molar refractivity (Wildman–Crippen MR) is 63.9 cm³/mol. The van der Waals surface area contributed by atoms with Crippen molar-refractivity contribution in [2.45, 2.75) is 39.0 Å². The Morgan fingerprint density at radius 2 is 1.89 bits per heavy atom. The third kappa shape index (κ3) is 2.60. The Labute approximate surface area is 109 Å². The first-order valence-electron chi connectivity index (χ1n) is 6.15. The molecule has 1 aliphatic rings. The van der Waals surface area contributed by atoms with E-state index in [-0.39, 0.29) is 22.9 Å². The molecule has 0 heterocycles. The van der Waals surface area contributed by atoms with Crippen LogP contribution in [0.2, 0.25) is 0 Å². The van der Waals surface area contributed by atoms with Gasteiger partial charge in [0.05, 0.1) is 0 Å². The van der Waals surface area contributed by atoms with Crippen LogP contribution in [0.1, 0.15) is 38.2 Å². The van der Waals surface area contributed by atoms with Gasteiger partial charge < -0.3 is 4.74 Å². The molecular formula is C14H15F3O2. The molecule has 0 radical (unpaired) electrons. The standard InChI is InChI=1S/C14H15F3O2/c1-3-13(2)11(8-12(13)18)9-4-6-10(7-5-9)19-14(15,16)17/h4-7,11H,3,8H2,1-2H3. The minimum atomic E-state index is -4.67. The van der Waals surface area contributed by atoms with Gasteiger partial charge in [0.2, 0.25) is 0 Å². The second kappa shape index (κ2) is 4.54. The smallest absolute Gasteiger partial charge is 0.406 e. The molecule has 104 valence electrons. The molecule has 1 aliphatic carbocycles. The van der Waals surface area contributed by atoms with Crippen LogP contribution in [-0.4, -0.2) is 12.1 Å². The molecule has 0 aromatic heterocycles. The van der Waals surface area contributed by atoms with E-state index in [0.29, 0.717) is 6.42 Å². The van der Waals surface area contributed by atoms with E-state index < -0.39 is 6.36 Å². The average Bonchev–Trinajstić information content (AvgIpc) is 2.34. The first kappa shape index (κ1) is 13.9. The van der Waals surface area contributed by atoms with Gasteiger partial charge in [0.1, 0.15) is 11.5 Å². The van der Waals surface area contributed by atoms with Crippen LogP contribution in [0.5, 0.6) is 5.75 Å². The second-order valence-electron chi connectivity index (χ2n) is 5.07. The van der Waals surface area contributed by atoms with Gasteiger partial charge in [-0.2, -0.15) is 0 Å². The van der Waals surface area contributed by atoms with Crippen molar-refractivity contribution in [3.05, 3.63) is 29.8 Å². The lowest BCUT2D eigenvalue weighted by Gasteiger charge is -2.45. The maximum atomic E-state index is 12.0. The van der Waals surface area contributed by atoms with Crippen molar-refractivity contribution in [2.75, 3.05) is 0 Å². The zero-order valence-electron chi connectivity index (χ0n) is 10.8. The van der Waals surface area contributed by atoms with E-state index in [0.717, 1.165) is 12.0 Å². The van der Waals surface area contributed by atoms with Gasteiger partial charge in [0, 0.05) is 17.8 Å². The first-order valence-corrected chi connectivity index (χ1v) is 6.15. The number of hydrogen-bond acceptors (Lipinski definition) is 2. The number of alkyl halides is 3. The highest BCUT2D eigenvalue weighted by Gasteiger charge is 2.50. The second-order valence-corrected chi connectivity index (χ2v) is 5.07. The Bertz CT molecular complexity index is 478. The fourth-order valence-electron chi connectivity index (χ4n) is 2.54. The maximum absolute atomic E-state index is 12.0. The van der Waals surface area contributed by atoms with Gasteiger partial charge in [0.15, 0.2) is 0 Å². The van der Waals surface area contributed by atoms with Gasteiger partial charge >= 0.3 is 6.36 Å². The lowest BCUT2D eigenvalue weighted by molar-refractivity contribution is -0.274. The van der Waals surface area contributed by atoms with Gasteiger partial charge in [-0.15, -0.1) is 13.2 Å². The van der Waals surface area contributed by atoms with E-state index in [2.05, 4.69) is 4.74 Å². The van der Waals surface area contributed by atoms with Crippen LogP contribution in [0.4, 0.5) is 13.2 Å². The van der Waals surface area contributed by atoms with E-state index >= 15 is 0 Å². The SMILES string of the molecule is CCC1(C)C(=O)CC1c1ccc(OC(F)(F)F)cc1. The summed E-state index contributed by atoms with van der Waals surface area (Å²) >= 11 is 0. The Morgan fingerprint density at radius 1 is 1.32 bits per heavy atom. The van der Waals surface area contributed by atoms with Crippen molar-refractivity contribution in [1.82, 2.24) is 0 Å². The monoisotopic (exact) mass is 272 g/mol. The summed E-state index contributed by atoms with van der Waals surface area (Å²) in [6, 6.07) is 5.79. The van der Waals surface area contributed by atoms with Crippen LogP contribution < -0.4 is 4.74 Å². The van der Waals surface area contributed by atoms with Crippen molar-refractivity contribution < 1.29 is 22.7 Å². The number of carbonyl (C=O) groups is 1. The number of rotatable bonds is 3. The van der Waals surface area contributed by atoms with Crippen molar-refractivity contribution >= 4 is 5.78 Å². The fraction of sp³-hybridized carbons (Fsp3) is 0.500. The number of halogens is 3. The van der Waals surface area contributed by atoms with Gasteiger partial charge in [-0.25, -0.2) is 0 Å². The Hall–Kier alpha value is -1.52. The largest absolute Gasteiger partial charge is 0.573 e. The van der Waals surface area contributed by atoms with E-state index in [9.17, 15) is 18.0 Å². The topological polar surface area (TPSA) is 26.3 Å². The van der Waals surface area contributed by atoms with Crippen LogP contribution in [0.15, 0.2) is 24.3 Å². The molecule has 0 N–H and O–H groups in total. The van der Waals surface area contributed by atoms with Gasteiger partial charge in [0.25, 0.3) is 0 Å². The zero-order valence-corrected chi connectivity index (χ0v) is 10.8. The van der Waals surface area contributed by atoms with Crippen molar-refractivity contribution in [1.29, 1.82) is 0 Å². The summed E-state index contributed by atoms with van der Waals surface area (Å²) in [5.41, 5.74) is 0.505. The molecule has 0 amide bonds. The molecule has 2 atom stereocenters. The molecule has 1 aromatic rings. The van der Waals surface area contributed by atoms with E-state index in [1.54, 1.807) is 12.1 Å². The number of Topliss-reactive ketones (excluding diaryl/α,β-unsaturated/α-hetero) is 1. The lowest BCUT2D eigenvalue weighted by atomic mass is 9.56. The molecule has 1 saturated carbocycles. The predicted octanol–water partition coefficient (Wildman–Crippen LogP) is 4.06. The Balaban J connectivity index is 2.14. The third-order valence-electron chi connectivity index (χ3n) is 4.05. The number of benzene rings is 1. The first-order chi connectivity index (χ1) is 8.76. The summed E-state index contributed by atoms with van der Waals surface area (Å²) in [4.78, 5) is 11.6. The molecular weight excluding hydrogens is 257 g/mol. The summed E-state index contributed by atoms with van der Waals surface area (Å²) in [6.07, 6.45) is -3.48. The molecule has 0 aliphatic heterocycles. The summed E-state index contributed by atoms with van der Waals surface area (Å²) in [5, 5.41) is 0. The molecule has 5 heteroatoms. The number of hydrogen-bond donors (Lipinski definition) is 0. The van der Waals surface area contributed by atoms with E-state index in [4.69, 9.17) is 0 Å². The molecule has 0 saturated heterocycles. The van der Waals surface area contributed by atoms with Crippen LogP contribution in [0, 0.1) is 5.41 Å². The molecule has 2 nitrogen and oxygen atoms in total. The minimum Gasteiger partial charge on any atom is -0.406 e. The van der Waals surface area contributed by atoms with Crippen LogP contribution in [0.3, 0.4) is 0 Å². The highest BCUT2D eigenvalue weighted by molar-refractivity contribution is 5.93. The summed E-state index contributed by atoms with van der Waals surface area (Å²) < 4.78 is 39.9. The van der Waals surface area contributed by atoms with Crippen LogP contribution in [0.25, 0.3) is 0 Å². The molecule has 0 spiro atoms. The molecule has 19 heavy (non-hydrogen) atoms. The van der Waals surface area contributed by atoms with Crippen molar-refractivity contribution in [3.8, 4) is 5.75 Å². The van der Waals surface area contributed by atoms with Gasteiger partial charge in [-0.05, 0) is 24.1 Å².